The van der Waals surface area contributed by atoms with Crippen molar-refractivity contribution >= 4 is 46.4 Å². The number of pyridine rings is 2. The van der Waals surface area contributed by atoms with E-state index in [2.05, 4.69) is 0 Å². The molecule has 0 bridgehead atoms. The van der Waals surface area contributed by atoms with Crippen molar-refractivity contribution in [3.63, 3.8) is 0 Å². The molecular weight excluding hydrogens is 602 g/mol. The number of benzene rings is 5. The van der Waals surface area contributed by atoms with E-state index in [0.29, 0.717) is 22.3 Å². The number of aromatic nitrogens is 2. The molecule has 0 unspecified atom stereocenters. The van der Waals surface area contributed by atoms with Gasteiger partial charge in [0.05, 0.1) is 11.4 Å². The monoisotopic (exact) mass is 632 g/mol. The van der Waals surface area contributed by atoms with Gasteiger partial charge in [-0.25, -0.2) is 9.97 Å². The smallest absolute Gasteiger partial charge is 0.188 e. The minimum Gasteiger partial charge on any atom is -0.307 e. The van der Waals surface area contributed by atoms with Crippen LogP contribution in [-0.4, -0.2) is 9.97 Å². The van der Waals surface area contributed by atoms with Crippen LogP contribution >= 0.6 is 14.3 Å². The Balaban J connectivity index is 1.31. The van der Waals surface area contributed by atoms with Crippen LogP contribution in [0, 0.1) is 0 Å². The lowest BCUT2D eigenvalue weighted by Gasteiger charge is -2.20. The van der Waals surface area contributed by atoms with E-state index in [4.69, 9.17) is 9.97 Å². The molecule has 46 heavy (non-hydrogen) atoms. The Bertz CT molecular complexity index is 1970. The Hall–Kier alpha value is -5.14. The van der Waals surface area contributed by atoms with Crippen molar-refractivity contribution in [3.05, 3.63) is 182 Å². The molecule has 2 aromatic heterocycles. The summed E-state index contributed by atoms with van der Waals surface area (Å²) < 4.78 is 29.9. The van der Waals surface area contributed by atoms with Gasteiger partial charge in [-0.2, -0.15) is 0 Å². The van der Waals surface area contributed by atoms with E-state index < -0.39 is 14.3 Å². The van der Waals surface area contributed by atoms with E-state index in [1.165, 1.54) is 0 Å². The number of hydrogen-bond acceptors (Lipinski definition) is 4. The van der Waals surface area contributed by atoms with E-state index in [0.717, 1.165) is 32.3 Å². The lowest BCUT2D eigenvalue weighted by Crippen LogP contribution is -2.27. The van der Waals surface area contributed by atoms with Crippen molar-refractivity contribution in [1.82, 2.24) is 9.97 Å². The van der Waals surface area contributed by atoms with Gasteiger partial charge in [0.1, 0.15) is 10.9 Å². The molecule has 0 aliphatic rings. The summed E-state index contributed by atoms with van der Waals surface area (Å²) in [6.07, 6.45) is 0. The summed E-state index contributed by atoms with van der Waals surface area (Å²) in [5.41, 5.74) is 4.21. The molecule has 0 aliphatic heterocycles. The molecule has 0 amide bonds. The zero-order valence-corrected chi connectivity index (χ0v) is 26.7. The summed E-state index contributed by atoms with van der Waals surface area (Å²) in [6, 6.07) is 57.6. The first-order chi connectivity index (χ1) is 22.6. The van der Waals surface area contributed by atoms with Gasteiger partial charge in [-0.3, -0.25) is 0 Å². The number of hydrogen-bond donors (Lipinski definition) is 0. The normalized spacial score (nSPS) is 11.7. The SMILES string of the molecule is O=P(c1ccccc1)(c1ccccc1)c1cccc(-c2cccc(-c3cccc(P(=O)(c4ccccc4)c4ccccc4)n3)c2)n1. The van der Waals surface area contributed by atoms with Crippen molar-refractivity contribution in [2.24, 2.45) is 0 Å². The molecule has 0 saturated heterocycles. The molecule has 0 fully saturated rings. The highest BCUT2D eigenvalue weighted by atomic mass is 31.2. The van der Waals surface area contributed by atoms with E-state index in [1.807, 2.05) is 182 Å². The van der Waals surface area contributed by atoms with Gasteiger partial charge in [-0.05, 0) is 30.3 Å². The molecule has 2 heterocycles. The Morgan fingerprint density at radius 2 is 0.630 bits per heavy atom. The summed E-state index contributed by atoms with van der Waals surface area (Å²) in [4.78, 5) is 10.0. The Morgan fingerprint density at radius 1 is 0.326 bits per heavy atom. The predicted octanol–water partition coefficient (Wildman–Crippen LogP) is 7.09. The third kappa shape index (κ3) is 5.48. The van der Waals surface area contributed by atoms with Gasteiger partial charge in [-0.15, -0.1) is 0 Å². The molecule has 222 valence electrons. The van der Waals surface area contributed by atoms with Crippen LogP contribution in [0.15, 0.2) is 182 Å². The van der Waals surface area contributed by atoms with Crippen molar-refractivity contribution in [3.8, 4) is 22.5 Å². The number of rotatable bonds is 8. The lowest BCUT2D eigenvalue weighted by molar-refractivity contribution is 0.591. The number of nitrogens with zero attached hydrogens (tertiary/aromatic N) is 2. The molecule has 5 aromatic carbocycles. The zero-order chi connectivity index (χ0) is 31.4. The fraction of sp³-hybridized carbons (Fsp3) is 0. The Kier molecular flexibility index (Phi) is 8.16. The molecule has 0 N–H and O–H groups in total. The molecule has 0 atom stereocenters. The van der Waals surface area contributed by atoms with Crippen molar-refractivity contribution in [2.75, 3.05) is 0 Å². The average molecular weight is 633 g/mol. The third-order valence-electron chi connectivity index (χ3n) is 8.05. The van der Waals surface area contributed by atoms with Gasteiger partial charge >= 0.3 is 0 Å². The highest BCUT2D eigenvalue weighted by Crippen LogP contribution is 2.43. The predicted molar refractivity (Wildman–Crippen MR) is 192 cm³/mol. The van der Waals surface area contributed by atoms with E-state index in [9.17, 15) is 9.13 Å². The van der Waals surface area contributed by atoms with E-state index in [1.54, 1.807) is 0 Å². The second-order valence-electron chi connectivity index (χ2n) is 10.9. The second-order valence-corrected chi connectivity index (χ2v) is 16.3. The van der Waals surface area contributed by atoms with Gasteiger partial charge in [0, 0.05) is 32.3 Å². The first-order valence-electron chi connectivity index (χ1n) is 15.1. The van der Waals surface area contributed by atoms with Crippen molar-refractivity contribution < 1.29 is 9.13 Å². The van der Waals surface area contributed by atoms with E-state index >= 15 is 0 Å². The minimum atomic E-state index is -3.23. The minimum absolute atomic E-state index is 0.527. The average Bonchev–Trinajstić information content (AvgIpc) is 3.16. The summed E-state index contributed by atoms with van der Waals surface area (Å²) in [7, 11) is -6.46. The van der Waals surface area contributed by atoms with Crippen LogP contribution in [0.4, 0.5) is 0 Å². The standard InChI is InChI=1S/C40H30N2O2P2/c43-45(33-18-5-1-6-19-33,34-20-7-2-8-21-34)39-28-14-26-37(41-39)31-16-13-17-32(30-31)38-27-15-29-40(42-38)46(44,35-22-9-3-10-23-35)36-24-11-4-12-25-36/h1-30H. The maximum Gasteiger partial charge on any atom is 0.188 e. The summed E-state index contributed by atoms with van der Waals surface area (Å²) in [6.45, 7) is 0. The van der Waals surface area contributed by atoms with Crippen LogP contribution in [0.2, 0.25) is 0 Å². The molecular formula is C40H30N2O2P2. The van der Waals surface area contributed by atoms with Crippen LogP contribution in [0.1, 0.15) is 0 Å². The molecule has 0 aliphatic carbocycles. The van der Waals surface area contributed by atoms with Gasteiger partial charge in [0.15, 0.2) is 14.3 Å². The summed E-state index contributed by atoms with van der Waals surface area (Å²) >= 11 is 0. The van der Waals surface area contributed by atoms with Crippen LogP contribution in [0.25, 0.3) is 22.5 Å². The van der Waals surface area contributed by atoms with E-state index in [-0.39, 0.29) is 0 Å². The molecule has 7 rings (SSSR count). The molecule has 7 aromatic rings. The molecule has 4 nitrogen and oxygen atoms in total. The van der Waals surface area contributed by atoms with Crippen LogP contribution in [-0.2, 0) is 9.13 Å². The van der Waals surface area contributed by atoms with Crippen molar-refractivity contribution in [2.45, 2.75) is 0 Å². The molecule has 0 saturated carbocycles. The fourth-order valence-corrected chi connectivity index (χ4v) is 10.8. The second kappa shape index (κ2) is 12.7. The molecule has 0 spiro atoms. The van der Waals surface area contributed by atoms with Crippen molar-refractivity contribution in [1.29, 1.82) is 0 Å². The van der Waals surface area contributed by atoms with Gasteiger partial charge in [-0.1, -0.05) is 152 Å². The van der Waals surface area contributed by atoms with Crippen LogP contribution < -0.4 is 32.1 Å². The first-order valence-corrected chi connectivity index (χ1v) is 18.5. The highest BCUT2D eigenvalue weighted by Gasteiger charge is 2.32. The lowest BCUT2D eigenvalue weighted by atomic mass is 10.1. The topological polar surface area (TPSA) is 59.9 Å². The maximum absolute atomic E-state index is 15.0. The zero-order valence-electron chi connectivity index (χ0n) is 24.9. The fourth-order valence-electron chi connectivity index (χ4n) is 5.74. The maximum atomic E-state index is 15.0. The summed E-state index contributed by atoms with van der Waals surface area (Å²) in [5.74, 6) is 0. The Morgan fingerprint density at radius 3 is 0.957 bits per heavy atom. The van der Waals surface area contributed by atoms with Gasteiger partial charge in [0.2, 0.25) is 0 Å². The first kappa shape index (κ1) is 29.6. The quantitative estimate of drug-likeness (QED) is 0.168. The Labute approximate surface area is 269 Å². The van der Waals surface area contributed by atoms with Gasteiger partial charge < -0.3 is 9.13 Å². The molecule has 6 heteroatoms. The summed E-state index contributed by atoms with van der Waals surface area (Å²) in [5, 5.41) is 2.95. The highest BCUT2D eigenvalue weighted by molar-refractivity contribution is 7.85. The van der Waals surface area contributed by atoms with Gasteiger partial charge in [0.25, 0.3) is 0 Å². The third-order valence-corrected chi connectivity index (χ3v) is 13.9. The van der Waals surface area contributed by atoms with Crippen LogP contribution in [0.3, 0.4) is 0 Å². The largest absolute Gasteiger partial charge is 0.307 e. The molecule has 0 radical (unpaired) electrons. The van der Waals surface area contributed by atoms with Crippen LogP contribution in [0.5, 0.6) is 0 Å².